The lowest BCUT2D eigenvalue weighted by atomic mass is 9.81. The van der Waals surface area contributed by atoms with E-state index in [0.29, 0.717) is 0 Å². The Morgan fingerprint density at radius 3 is 1.33 bits per heavy atom. The Morgan fingerprint density at radius 1 is 0.397 bits per heavy atom. The van der Waals surface area contributed by atoms with Crippen molar-refractivity contribution in [2.45, 2.75) is 19.3 Å². The molecule has 0 saturated heterocycles. The molecule has 0 amide bonds. The largest absolute Gasteiger partial charge is 0.309 e. The van der Waals surface area contributed by atoms with Crippen molar-refractivity contribution in [1.82, 2.24) is 19.5 Å². The van der Waals surface area contributed by atoms with Gasteiger partial charge in [0.15, 0.2) is 0 Å². The second kappa shape index (κ2) is 13.4. The van der Waals surface area contributed by atoms with Crippen LogP contribution >= 0.6 is 0 Å². The Balaban J connectivity index is 0.895. The summed E-state index contributed by atoms with van der Waals surface area (Å²) in [5.41, 5.74) is 19.6. The first-order valence-electron chi connectivity index (χ1n) is 19.8. The summed E-state index contributed by atoms with van der Waals surface area (Å²) >= 11 is 0. The van der Waals surface area contributed by atoms with Crippen molar-refractivity contribution in [1.29, 1.82) is 0 Å². The first kappa shape index (κ1) is 33.9. The SMILES string of the molecule is CC1(C)c2cc(-c3ccc(-c4cc(-c5cccnc5)nc(-c5cccnc5)c4)cc3)ccc2-c2ccc(-c3ccc(-n4c5ccccc5c5ccccc54)cc3)cc21. The average Bonchev–Trinajstić information content (AvgIpc) is 3.74. The molecule has 0 aliphatic heterocycles. The van der Waals surface area contributed by atoms with E-state index in [2.05, 4.69) is 186 Å². The van der Waals surface area contributed by atoms with Crippen molar-refractivity contribution >= 4 is 21.8 Å². The summed E-state index contributed by atoms with van der Waals surface area (Å²) in [5, 5.41) is 2.55. The fourth-order valence-corrected chi connectivity index (χ4v) is 8.98. The van der Waals surface area contributed by atoms with Crippen LogP contribution in [0.2, 0.25) is 0 Å². The first-order valence-corrected chi connectivity index (χ1v) is 19.8. The summed E-state index contributed by atoms with van der Waals surface area (Å²) in [6.45, 7) is 4.73. The highest BCUT2D eigenvalue weighted by molar-refractivity contribution is 6.09. The maximum absolute atomic E-state index is 5.00. The van der Waals surface area contributed by atoms with Gasteiger partial charge in [-0.05, 0) is 128 Å². The van der Waals surface area contributed by atoms with Crippen LogP contribution in [-0.2, 0) is 5.41 Å². The lowest BCUT2D eigenvalue weighted by Gasteiger charge is -2.22. The van der Waals surface area contributed by atoms with E-state index in [-0.39, 0.29) is 5.41 Å². The highest BCUT2D eigenvalue weighted by Crippen LogP contribution is 2.51. The standard InChI is InChI=1S/C54H38N4/c1-54(2)48-29-38(35-15-17-37(18-16-35)42-31-50(40-9-7-27-55-33-40)57-51(32-42)41-10-8-28-56-34-41)21-25-44(48)45-26-22-39(30-49(45)54)36-19-23-43(24-20-36)58-52-13-5-3-11-46(52)47-12-4-6-14-53(47)58/h3-34H,1-2H3. The molecule has 1 aliphatic carbocycles. The quantitative estimate of drug-likeness (QED) is 0.170. The molecule has 4 aromatic heterocycles. The third-order valence-corrected chi connectivity index (χ3v) is 12.0. The fraction of sp³-hybridized carbons (Fsp3) is 0.0556. The highest BCUT2D eigenvalue weighted by Gasteiger charge is 2.36. The average molecular weight is 743 g/mol. The van der Waals surface area contributed by atoms with Crippen LogP contribution in [-0.4, -0.2) is 19.5 Å². The molecule has 0 fully saturated rings. The normalized spacial score (nSPS) is 12.8. The smallest absolute Gasteiger partial charge is 0.0731 e. The van der Waals surface area contributed by atoms with Gasteiger partial charge in [-0.1, -0.05) is 111 Å². The molecule has 10 aromatic rings. The van der Waals surface area contributed by atoms with Crippen LogP contribution in [0.1, 0.15) is 25.0 Å². The number of para-hydroxylation sites is 2. The lowest BCUT2D eigenvalue weighted by Crippen LogP contribution is -2.15. The zero-order chi connectivity index (χ0) is 38.8. The monoisotopic (exact) mass is 742 g/mol. The minimum Gasteiger partial charge on any atom is -0.309 e. The van der Waals surface area contributed by atoms with Crippen LogP contribution in [0.4, 0.5) is 0 Å². The molecule has 0 radical (unpaired) electrons. The van der Waals surface area contributed by atoms with Gasteiger partial charge in [0, 0.05) is 57.8 Å². The van der Waals surface area contributed by atoms with E-state index in [9.17, 15) is 0 Å². The van der Waals surface area contributed by atoms with Crippen LogP contribution in [0.25, 0.3) is 94.5 Å². The number of hydrogen-bond acceptors (Lipinski definition) is 3. The van der Waals surface area contributed by atoms with Crippen molar-refractivity contribution in [3.8, 4) is 72.7 Å². The third kappa shape index (κ3) is 5.56. The van der Waals surface area contributed by atoms with Crippen LogP contribution in [0.5, 0.6) is 0 Å². The lowest BCUT2D eigenvalue weighted by molar-refractivity contribution is 0.661. The van der Waals surface area contributed by atoms with Crippen LogP contribution < -0.4 is 0 Å². The van der Waals surface area contributed by atoms with Gasteiger partial charge in [-0.3, -0.25) is 9.97 Å². The summed E-state index contributed by atoms with van der Waals surface area (Å²) < 4.78 is 2.38. The number of rotatable bonds is 6. The van der Waals surface area contributed by atoms with Gasteiger partial charge in [-0.2, -0.15) is 0 Å². The summed E-state index contributed by atoms with van der Waals surface area (Å²) in [4.78, 5) is 13.7. The molecule has 1 aliphatic rings. The molecule has 4 heteroatoms. The maximum atomic E-state index is 5.00. The van der Waals surface area contributed by atoms with Crippen molar-refractivity contribution in [2.75, 3.05) is 0 Å². The van der Waals surface area contributed by atoms with Gasteiger partial charge < -0.3 is 4.57 Å². The Kier molecular flexibility index (Phi) is 7.80. The van der Waals surface area contributed by atoms with E-state index in [4.69, 9.17) is 4.98 Å². The highest BCUT2D eigenvalue weighted by atomic mass is 15.0. The van der Waals surface area contributed by atoms with E-state index >= 15 is 0 Å². The molecule has 0 unspecified atom stereocenters. The first-order chi connectivity index (χ1) is 28.5. The molecule has 274 valence electrons. The van der Waals surface area contributed by atoms with Crippen LogP contribution in [0.15, 0.2) is 195 Å². The summed E-state index contributed by atoms with van der Waals surface area (Å²) in [6.07, 6.45) is 7.30. The number of fused-ring (bicyclic) bond motifs is 6. The molecular formula is C54H38N4. The van der Waals surface area contributed by atoms with Gasteiger partial charge in [0.1, 0.15) is 0 Å². The minimum absolute atomic E-state index is 0.151. The fourth-order valence-electron chi connectivity index (χ4n) is 8.98. The van der Waals surface area contributed by atoms with Crippen molar-refractivity contribution in [3.05, 3.63) is 206 Å². The van der Waals surface area contributed by atoms with E-state index in [0.717, 1.165) is 33.6 Å². The Bertz CT molecular complexity index is 3050. The van der Waals surface area contributed by atoms with Gasteiger partial charge in [-0.25, -0.2) is 4.98 Å². The van der Waals surface area contributed by atoms with Gasteiger partial charge in [-0.15, -0.1) is 0 Å². The zero-order valence-corrected chi connectivity index (χ0v) is 32.3. The molecular weight excluding hydrogens is 705 g/mol. The molecule has 58 heavy (non-hydrogen) atoms. The maximum Gasteiger partial charge on any atom is 0.0731 e. The number of aromatic nitrogens is 4. The number of hydrogen-bond donors (Lipinski definition) is 0. The third-order valence-electron chi connectivity index (χ3n) is 12.0. The molecule has 0 N–H and O–H groups in total. The molecule has 0 spiro atoms. The second-order valence-corrected chi connectivity index (χ2v) is 15.7. The van der Waals surface area contributed by atoms with E-state index in [1.165, 1.54) is 72.0 Å². The molecule has 6 aromatic carbocycles. The minimum atomic E-state index is -0.151. The van der Waals surface area contributed by atoms with Gasteiger partial charge >= 0.3 is 0 Å². The zero-order valence-electron chi connectivity index (χ0n) is 32.3. The number of benzene rings is 6. The predicted octanol–water partition coefficient (Wildman–Crippen LogP) is 13.6. The second-order valence-electron chi connectivity index (χ2n) is 15.7. The Labute approximate surface area is 337 Å². The Morgan fingerprint density at radius 2 is 0.845 bits per heavy atom. The van der Waals surface area contributed by atoms with Crippen LogP contribution in [0.3, 0.4) is 0 Å². The van der Waals surface area contributed by atoms with E-state index in [1.807, 2.05) is 24.5 Å². The van der Waals surface area contributed by atoms with Gasteiger partial charge in [0.05, 0.1) is 22.4 Å². The molecule has 0 saturated carbocycles. The summed E-state index contributed by atoms with van der Waals surface area (Å²) in [5.74, 6) is 0. The number of pyridine rings is 3. The van der Waals surface area contributed by atoms with Crippen molar-refractivity contribution in [3.63, 3.8) is 0 Å². The molecule has 0 atom stereocenters. The van der Waals surface area contributed by atoms with Gasteiger partial charge in [0.25, 0.3) is 0 Å². The van der Waals surface area contributed by atoms with E-state index < -0.39 is 0 Å². The van der Waals surface area contributed by atoms with Crippen LogP contribution in [0, 0.1) is 0 Å². The summed E-state index contributed by atoms with van der Waals surface area (Å²) in [7, 11) is 0. The molecule has 0 bridgehead atoms. The molecule has 11 rings (SSSR count). The van der Waals surface area contributed by atoms with E-state index in [1.54, 1.807) is 12.4 Å². The predicted molar refractivity (Wildman–Crippen MR) is 239 cm³/mol. The Hall–Kier alpha value is -7.43. The summed E-state index contributed by atoms with van der Waals surface area (Å²) in [6, 6.07) is 61.6. The molecule has 4 heterocycles. The molecule has 4 nitrogen and oxygen atoms in total. The van der Waals surface area contributed by atoms with Crippen molar-refractivity contribution < 1.29 is 0 Å². The van der Waals surface area contributed by atoms with Crippen molar-refractivity contribution in [2.24, 2.45) is 0 Å². The number of nitrogens with zero attached hydrogens (tertiary/aromatic N) is 4. The topological polar surface area (TPSA) is 43.6 Å². The van der Waals surface area contributed by atoms with Gasteiger partial charge in [0.2, 0.25) is 0 Å².